The van der Waals surface area contributed by atoms with Crippen LogP contribution in [0.4, 0.5) is 14.5 Å². The Balaban J connectivity index is 2.06. The number of hydrogen-bond donors (Lipinski definition) is 1. The molecule has 0 radical (unpaired) electrons. The molecule has 2 aromatic rings. The van der Waals surface area contributed by atoms with Crippen molar-refractivity contribution in [2.75, 3.05) is 5.73 Å². The second-order valence-electron chi connectivity index (χ2n) is 4.05. The standard InChI is InChI=1S/C14H10ClF2NO2/c15-10-3-1-9(12(17)6-10)7-20-14(19)8-2-4-11(16)13(18)5-8/h1-6H,7,18H2. The Morgan fingerprint density at radius 3 is 2.55 bits per heavy atom. The molecule has 0 unspecified atom stereocenters. The molecule has 0 saturated carbocycles. The van der Waals surface area contributed by atoms with E-state index in [4.69, 9.17) is 22.1 Å². The monoisotopic (exact) mass is 297 g/mol. The fraction of sp³-hybridized carbons (Fsp3) is 0.0714. The number of nitrogen functional groups attached to an aromatic ring is 1. The second kappa shape index (κ2) is 5.88. The summed E-state index contributed by atoms with van der Waals surface area (Å²) in [5.74, 6) is -1.90. The lowest BCUT2D eigenvalue weighted by Gasteiger charge is -2.07. The van der Waals surface area contributed by atoms with E-state index in [0.717, 1.165) is 18.2 Å². The molecule has 3 nitrogen and oxygen atoms in total. The van der Waals surface area contributed by atoms with Gasteiger partial charge in [0.15, 0.2) is 0 Å². The number of halogens is 3. The van der Waals surface area contributed by atoms with Crippen molar-refractivity contribution < 1.29 is 18.3 Å². The molecule has 0 bridgehead atoms. The Kier molecular flexibility index (Phi) is 4.20. The van der Waals surface area contributed by atoms with Gasteiger partial charge in [0.1, 0.15) is 18.2 Å². The number of carbonyl (C=O) groups is 1. The summed E-state index contributed by atoms with van der Waals surface area (Å²) in [6.07, 6.45) is 0. The van der Waals surface area contributed by atoms with Gasteiger partial charge in [-0.05, 0) is 30.3 Å². The number of anilines is 1. The first kappa shape index (κ1) is 14.3. The fourth-order valence-corrected chi connectivity index (χ4v) is 1.69. The maximum atomic E-state index is 13.5. The van der Waals surface area contributed by atoms with E-state index in [1.165, 1.54) is 18.2 Å². The molecule has 0 atom stereocenters. The summed E-state index contributed by atoms with van der Waals surface area (Å²) in [6.45, 7) is -0.251. The van der Waals surface area contributed by atoms with Crippen LogP contribution in [0.15, 0.2) is 36.4 Å². The molecule has 2 aromatic carbocycles. The van der Waals surface area contributed by atoms with E-state index in [0.29, 0.717) is 0 Å². The molecule has 0 saturated heterocycles. The topological polar surface area (TPSA) is 52.3 Å². The highest BCUT2D eigenvalue weighted by Crippen LogP contribution is 2.17. The van der Waals surface area contributed by atoms with E-state index in [1.54, 1.807) is 0 Å². The highest BCUT2D eigenvalue weighted by Gasteiger charge is 2.11. The number of esters is 1. The van der Waals surface area contributed by atoms with E-state index < -0.39 is 17.6 Å². The molecule has 0 aliphatic rings. The Morgan fingerprint density at radius 1 is 1.15 bits per heavy atom. The normalized spacial score (nSPS) is 10.3. The summed E-state index contributed by atoms with van der Waals surface area (Å²) in [6, 6.07) is 7.51. The molecule has 2 N–H and O–H groups in total. The molecule has 2 rings (SSSR count). The first-order valence-electron chi connectivity index (χ1n) is 5.63. The van der Waals surface area contributed by atoms with Crippen LogP contribution >= 0.6 is 11.6 Å². The maximum absolute atomic E-state index is 13.5. The molecule has 0 fully saturated rings. The fourth-order valence-electron chi connectivity index (χ4n) is 1.54. The van der Waals surface area contributed by atoms with Crippen molar-refractivity contribution in [1.29, 1.82) is 0 Å². The van der Waals surface area contributed by atoms with E-state index in [9.17, 15) is 13.6 Å². The van der Waals surface area contributed by atoms with E-state index >= 15 is 0 Å². The van der Waals surface area contributed by atoms with Crippen LogP contribution in [0.3, 0.4) is 0 Å². The van der Waals surface area contributed by atoms with Crippen LogP contribution in [0, 0.1) is 11.6 Å². The first-order chi connectivity index (χ1) is 9.47. The zero-order valence-electron chi connectivity index (χ0n) is 10.2. The predicted octanol–water partition coefficient (Wildman–Crippen LogP) is 3.56. The van der Waals surface area contributed by atoms with E-state index in [2.05, 4.69) is 0 Å². The second-order valence-corrected chi connectivity index (χ2v) is 4.48. The van der Waals surface area contributed by atoms with Gasteiger partial charge in [-0.3, -0.25) is 0 Å². The third-order valence-electron chi connectivity index (χ3n) is 2.61. The number of rotatable bonds is 3. The lowest BCUT2D eigenvalue weighted by Crippen LogP contribution is -2.07. The van der Waals surface area contributed by atoms with Gasteiger partial charge >= 0.3 is 5.97 Å². The van der Waals surface area contributed by atoms with Gasteiger partial charge in [-0.2, -0.15) is 0 Å². The van der Waals surface area contributed by atoms with E-state index in [1.807, 2.05) is 0 Å². The predicted molar refractivity (Wildman–Crippen MR) is 71.3 cm³/mol. The van der Waals surface area contributed by atoms with Crippen LogP contribution in [0.25, 0.3) is 0 Å². The molecular weight excluding hydrogens is 288 g/mol. The minimum Gasteiger partial charge on any atom is -0.457 e. The van der Waals surface area contributed by atoms with Gasteiger partial charge in [-0.25, -0.2) is 13.6 Å². The third-order valence-corrected chi connectivity index (χ3v) is 2.84. The van der Waals surface area contributed by atoms with Gasteiger partial charge in [0.25, 0.3) is 0 Å². The molecule has 0 aliphatic heterocycles. The Labute approximate surface area is 118 Å². The minimum atomic E-state index is -0.717. The van der Waals surface area contributed by atoms with Crippen LogP contribution in [-0.2, 0) is 11.3 Å². The molecule has 20 heavy (non-hydrogen) atoms. The third kappa shape index (κ3) is 3.24. The molecular formula is C14H10ClF2NO2. The maximum Gasteiger partial charge on any atom is 0.338 e. The average Bonchev–Trinajstić information content (AvgIpc) is 2.40. The van der Waals surface area contributed by atoms with Crippen LogP contribution in [0.1, 0.15) is 15.9 Å². The van der Waals surface area contributed by atoms with Crippen LogP contribution in [-0.4, -0.2) is 5.97 Å². The summed E-state index contributed by atoms with van der Waals surface area (Å²) in [4.78, 5) is 11.7. The van der Waals surface area contributed by atoms with Crippen molar-refractivity contribution in [3.8, 4) is 0 Å². The Bertz CT molecular complexity index is 662. The summed E-state index contributed by atoms with van der Waals surface area (Å²) in [7, 11) is 0. The number of nitrogens with two attached hydrogens (primary N) is 1. The van der Waals surface area contributed by atoms with Gasteiger partial charge in [0, 0.05) is 10.6 Å². The van der Waals surface area contributed by atoms with Crippen molar-refractivity contribution in [2.45, 2.75) is 6.61 Å². The summed E-state index contributed by atoms with van der Waals surface area (Å²) >= 11 is 5.61. The molecule has 0 aromatic heterocycles. The smallest absolute Gasteiger partial charge is 0.338 e. The van der Waals surface area contributed by atoms with Gasteiger partial charge in [0.2, 0.25) is 0 Å². The van der Waals surface area contributed by atoms with Crippen LogP contribution in [0.5, 0.6) is 0 Å². The van der Waals surface area contributed by atoms with Crippen molar-refractivity contribution in [1.82, 2.24) is 0 Å². The highest BCUT2D eigenvalue weighted by molar-refractivity contribution is 6.30. The number of hydrogen-bond acceptors (Lipinski definition) is 3. The van der Waals surface area contributed by atoms with Gasteiger partial charge in [0.05, 0.1) is 11.3 Å². The number of carbonyl (C=O) groups excluding carboxylic acids is 1. The zero-order chi connectivity index (χ0) is 14.7. The molecule has 0 aliphatic carbocycles. The number of ether oxygens (including phenoxy) is 1. The first-order valence-corrected chi connectivity index (χ1v) is 6.01. The van der Waals surface area contributed by atoms with Crippen LogP contribution in [0.2, 0.25) is 5.02 Å². The van der Waals surface area contributed by atoms with Crippen molar-refractivity contribution in [2.24, 2.45) is 0 Å². The van der Waals surface area contributed by atoms with Crippen molar-refractivity contribution >= 4 is 23.3 Å². The summed E-state index contributed by atoms with van der Waals surface area (Å²) in [5.41, 5.74) is 5.48. The largest absolute Gasteiger partial charge is 0.457 e. The number of benzene rings is 2. The van der Waals surface area contributed by atoms with Crippen LogP contribution < -0.4 is 5.73 Å². The minimum absolute atomic E-state index is 0.0956. The van der Waals surface area contributed by atoms with Gasteiger partial charge in [-0.1, -0.05) is 17.7 Å². The van der Waals surface area contributed by atoms with Crippen molar-refractivity contribution in [3.63, 3.8) is 0 Å². The van der Waals surface area contributed by atoms with E-state index in [-0.39, 0.29) is 28.4 Å². The summed E-state index contributed by atoms with van der Waals surface area (Å²) in [5, 5.41) is 0.254. The lowest BCUT2D eigenvalue weighted by atomic mass is 10.2. The SMILES string of the molecule is Nc1cc(C(=O)OCc2ccc(Cl)cc2F)ccc1F. The quantitative estimate of drug-likeness (QED) is 0.696. The molecule has 0 spiro atoms. The Hall–Kier alpha value is -2.14. The molecule has 6 heteroatoms. The summed E-state index contributed by atoms with van der Waals surface area (Å²) < 4.78 is 31.4. The Morgan fingerprint density at radius 2 is 1.90 bits per heavy atom. The highest BCUT2D eigenvalue weighted by atomic mass is 35.5. The van der Waals surface area contributed by atoms with Crippen molar-refractivity contribution in [3.05, 3.63) is 64.2 Å². The zero-order valence-corrected chi connectivity index (χ0v) is 11.0. The average molecular weight is 298 g/mol. The van der Waals surface area contributed by atoms with Gasteiger partial charge in [-0.15, -0.1) is 0 Å². The molecule has 0 heterocycles. The molecule has 104 valence electrons. The van der Waals surface area contributed by atoms with Gasteiger partial charge < -0.3 is 10.5 Å². The lowest BCUT2D eigenvalue weighted by molar-refractivity contribution is 0.0469. The molecule has 0 amide bonds.